The van der Waals surface area contributed by atoms with E-state index in [1.807, 2.05) is 48.5 Å². The monoisotopic (exact) mass is 245 g/mol. The minimum absolute atomic E-state index is 0.628. The van der Waals surface area contributed by atoms with Gasteiger partial charge in [-0.25, -0.2) is 0 Å². The van der Waals surface area contributed by atoms with Crippen LogP contribution in [-0.4, -0.2) is 4.98 Å². The summed E-state index contributed by atoms with van der Waals surface area (Å²) in [5.41, 5.74) is 3.32. The number of hydrogen-bond acceptors (Lipinski definition) is 3. The van der Waals surface area contributed by atoms with Gasteiger partial charge in [0.25, 0.3) is 0 Å². The van der Waals surface area contributed by atoms with Crippen LogP contribution < -0.4 is 5.32 Å². The number of rotatable bonds is 2. The maximum atomic E-state index is 9.11. The Morgan fingerprint density at radius 1 is 0.895 bits per heavy atom. The summed E-state index contributed by atoms with van der Waals surface area (Å²) in [7, 11) is 0. The number of para-hydroxylation sites is 2. The molecule has 0 saturated carbocycles. The lowest BCUT2D eigenvalue weighted by Gasteiger charge is -2.10. The van der Waals surface area contributed by atoms with Gasteiger partial charge in [0.05, 0.1) is 16.8 Å². The Morgan fingerprint density at radius 3 is 2.58 bits per heavy atom. The molecule has 3 rings (SSSR count). The fraction of sp³-hybridized carbons (Fsp3) is 0. The van der Waals surface area contributed by atoms with E-state index >= 15 is 0 Å². The molecule has 2 aromatic carbocycles. The zero-order valence-corrected chi connectivity index (χ0v) is 10.2. The molecule has 1 heterocycles. The van der Waals surface area contributed by atoms with Gasteiger partial charge in [0.2, 0.25) is 0 Å². The largest absolute Gasteiger partial charge is 0.354 e. The van der Waals surface area contributed by atoms with E-state index in [9.17, 15) is 0 Å². The number of benzene rings is 2. The molecule has 0 radical (unpaired) electrons. The normalized spacial score (nSPS) is 10.1. The van der Waals surface area contributed by atoms with Crippen LogP contribution in [-0.2, 0) is 0 Å². The first-order valence-electron chi connectivity index (χ1n) is 5.98. The van der Waals surface area contributed by atoms with Gasteiger partial charge < -0.3 is 5.32 Å². The average Bonchev–Trinajstić information content (AvgIpc) is 2.48. The first-order valence-corrected chi connectivity index (χ1v) is 5.98. The highest BCUT2D eigenvalue weighted by Crippen LogP contribution is 2.26. The SMILES string of the molecule is N#Cc1ccccc1Nc1ccnc2ccccc12. The fourth-order valence-electron chi connectivity index (χ4n) is 2.04. The summed E-state index contributed by atoms with van der Waals surface area (Å²) < 4.78 is 0. The minimum Gasteiger partial charge on any atom is -0.354 e. The predicted molar refractivity (Wildman–Crippen MR) is 76.2 cm³/mol. The van der Waals surface area contributed by atoms with Gasteiger partial charge >= 0.3 is 0 Å². The number of pyridine rings is 1. The Kier molecular flexibility index (Phi) is 2.83. The molecule has 0 spiro atoms. The number of anilines is 2. The summed E-state index contributed by atoms with van der Waals surface area (Å²) in [6.45, 7) is 0. The van der Waals surface area contributed by atoms with Gasteiger partial charge in [0, 0.05) is 17.3 Å². The molecular formula is C16H11N3. The van der Waals surface area contributed by atoms with Crippen LogP contribution in [0.4, 0.5) is 11.4 Å². The molecule has 0 aliphatic rings. The molecule has 0 amide bonds. The zero-order chi connectivity index (χ0) is 13.1. The van der Waals surface area contributed by atoms with Crippen molar-refractivity contribution in [3.05, 3.63) is 66.4 Å². The third kappa shape index (κ3) is 2.12. The van der Waals surface area contributed by atoms with Gasteiger partial charge in [-0.05, 0) is 24.3 Å². The lowest BCUT2D eigenvalue weighted by atomic mass is 10.1. The van der Waals surface area contributed by atoms with E-state index in [0.29, 0.717) is 5.56 Å². The van der Waals surface area contributed by atoms with E-state index in [2.05, 4.69) is 16.4 Å². The van der Waals surface area contributed by atoms with Crippen molar-refractivity contribution in [2.45, 2.75) is 0 Å². The molecule has 0 bridgehead atoms. The second-order valence-corrected chi connectivity index (χ2v) is 4.16. The molecule has 0 unspecified atom stereocenters. The predicted octanol–water partition coefficient (Wildman–Crippen LogP) is 3.85. The maximum absolute atomic E-state index is 9.11. The van der Waals surface area contributed by atoms with Gasteiger partial charge in [-0.2, -0.15) is 5.26 Å². The molecule has 0 atom stereocenters. The van der Waals surface area contributed by atoms with Crippen molar-refractivity contribution < 1.29 is 0 Å². The van der Waals surface area contributed by atoms with Crippen molar-refractivity contribution in [2.24, 2.45) is 0 Å². The van der Waals surface area contributed by atoms with Crippen LogP contribution >= 0.6 is 0 Å². The Labute approximate surface area is 111 Å². The van der Waals surface area contributed by atoms with Gasteiger partial charge in [0.1, 0.15) is 6.07 Å². The first-order chi connectivity index (χ1) is 9.38. The van der Waals surface area contributed by atoms with Crippen molar-refractivity contribution in [3.63, 3.8) is 0 Å². The summed E-state index contributed by atoms with van der Waals surface area (Å²) in [5.74, 6) is 0. The molecule has 0 saturated heterocycles. The minimum atomic E-state index is 0.628. The van der Waals surface area contributed by atoms with E-state index < -0.39 is 0 Å². The average molecular weight is 245 g/mol. The summed E-state index contributed by atoms with van der Waals surface area (Å²) in [4.78, 5) is 4.32. The van der Waals surface area contributed by atoms with Crippen molar-refractivity contribution in [3.8, 4) is 6.07 Å². The summed E-state index contributed by atoms with van der Waals surface area (Å²) in [6, 6.07) is 19.5. The Hall–Kier alpha value is -2.86. The molecule has 0 fully saturated rings. The Morgan fingerprint density at radius 2 is 1.68 bits per heavy atom. The van der Waals surface area contributed by atoms with E-state index in [0.717, 1.165) is 22.3 Å². The van der Waals surface area contributed by atoms with Crippen LogP contribution in [0.1, 0.15) is 5.56 Å². The van der Waals surface area contributed by atoms with Crippen LogP contribution in [0.25, 0.3) is 10.9 Å². The molecule has 19 heavy (non-hydrogen) atoms. The van der Waals surface area contributed by atoms with Gasteiger partial charge in [-0.3, -0.25) is 4.98 Å². The van der Waals surface area contributed by atoms with Crippen LogP contribution in [0.15, 0.2) is 60.8 Å². The first kappa shape index (κ1) is 11.2. The van der Waals surface area contributed by atoms with Crippen molar-refractivity contribution >= 4 is 22.3 Å². The molecule has 1 aromatic heterocycles. The second-order valence-electron chi connectivity index (χ2n) is 4.16. The van der Waals surface area contributed by atoms with Crippen LogP contribution in [0.5, 0.6) is 0 Å². The van der Waals surface area contributed by atoms with E-state index in [1.54, 1.807) is 12.3 Å². The summed E-state index contributed by atoms with van der Waals surface area (Å²) in [6.07, 6.45) is 1.76. The highest BCUT2D eigenvalue weighted by Gasteiger charge is 2.04. The maximum Gasteiger partial charge on any atom is 0.101 e. The third-order valence-corrected chi connectivity index (χ3v) is 2.97. The molecule has 0 aliphatic carbocycles. The van der Waals surface area contributed by atoms with Crippen LogP contribution in [0.2, 0.25) is 0 Å². The highest BCUT2D eigenvalue weighted by molar-refractivity contribution is 5.93. The summed E-state index contributed by atoms with van der Waals surface area (Å²) >= 11 is 0. The molecular weight excluding hydrogens is 234 g/mol. The van der Waals surface area contributed by atoms with Gasteiger partial charge in [-0.1, -0.05) is 30.3 Å². The van der Waals surface area contributed by atoms with Gasteiger partial charge in [-0.15, -0.1) is 0 Å². The van der Waals surface area contributed by atoms with E-state index in [-0.39, 0.29) is 0 Å². The molecule has 3 aromatic rings. The number of nitrogens with zero attached hydrogens (tertiary/aromatic N) is 2. The third-order valence-electron chi connectivity index (χ3n) is 2.97. The Balaban J connectivity index is 2.09. The van der Waals surface area contributed by atoms with Crippen LogP contribution in [0, 0.1) is 11.3 Å². The van der Waals surface area contributed by atoms with Crippen molar-refractivity contribution in [1.29, 1.82) is 5.26 Å². The summed E-state index contributed by atoms with van der Waals surface area (Å²) in [5, 5.41) is 13.5. The Bertz CT molecular complexity index is 767. The molecule has 1 N–H and O–H groups in total. The fourth-order valence-corrected chi connectivity index (χ4v) is 2.04. The standard InChI is InChI=1S/C16H11N3/c17-11-12-5-1-3-7-14(12)19-16-9-10-18-15-8-4-2-6-13(15)16/h1-10H,(H,18,19). The van der Waals surface area contributed by atoms with Crippen LogP contribution in [0.3, 0.4) is 0 Å². The molecule has 90 valence electrons. The number of fused-ring (bicyclic) bond motifs is 1. The molecule has 0 aliphatic heterocycles. The number of nitrogens with one attached hydrogen (secondary N) is 1. The molecule has 3 heteroatoms. The van der Waals surface area contributed by atoms with E-state index in [4.69, 9.17) is 5.26 Å². The smallest absolute Gasteiger partial charge is 0.101 e. The number of nitriles is 1. The second kappa shape index (κ2) is 4.79. The van der Waals surface area contributed by atoms with Crippen molar-refractivity contribution in [2.75, 3.05) is 5.32 Å². The molecule has 3 nitrogen and oxygen atoms in total. The van der Waals surface area contributed by atoms with Gasteiger partial charge in [0.15, 0.2) is 0 Å². The van der Waals surface area contributed by atoms with Crippen molar-refractivity contribution in [1.82, 2.24) is 4.98 Å². The van der Waals surface area contributed by atoms with E-state index in [1.165, 1.54) is 0 Å². The number of hydrogen-bond donors (Lipinski definition) is 1. The lowest BCUT2D eigenvalue weighted by Crippen LogP contribution is -1.94. The zero-order valence-electron chi connectivity index (χ0n) is 10.2. The highest BCUT2D eigenvalue weighted by atomic mass is 14.9. The quantitative estimate of drug-likeness (QED) is 0.746. The lowest BCUT2D eigenvalue weighted by molar-refractivity contribution is 1.40. The number of aromatic nitrogens is 1. The topological polar surface area (TPSA) is 48.7 Å².